The zero-order valence-corrected chi connectivity index (χ0v) is 12.0. The Morgan fingerprint density at radius 2 is 2.21 bits per heavy atom. The minimum Gasteiger partial charge on any atom is -0.349 e. The molecule has 1 amide bonds. The number of carbonyl (C=O) groups excluding carboxylic acids is 1. The summed E-state index contributed by atoms with van der Waals surface area (Å²) < 4.78 is 22.2. The van der Waals surface area contributed by atoms with Crippen LogP contribution in [0, 0.1) is 0 Å². The van der Waals surface area contributed by atoms with E-state index in [1.165, 1.54) is 12.3 Å². The van der Waals surface area contributed by atoms with Crippen molar-refractivity contribution in [1.82, 2.24) is 10.3 Å². The summed E-state index contributed by atoms with van der Waals surface area (Å²) >= 11 is 5.84. The molecular weight excluding hydrogens is 292 g/mol. The number of anilines is 1. The molecule has 0 aliphatic heterocycles. The maximum Gasteiger partial charge on any atom is 0.253 e. The molecule has 7 nitrogen and oxygen atoms in total. The smallest absolute Gasteiger partial charge is 0.253 e. The molecule has 0 fully saturated rings. The predicted octanol–water partition coefficient (Wildman–Crippen LogP) is 0.183. The Morgan fingerprint density at radius 3 is 2.68 bits per heavy atom. The Labute approximate surface area is 116 Å². The molecule has 1 unspecified atom stereocenters. The van der Waals surface area contributed by atoms with Crippen molar-refractivity contribution in [2.45, 2.75) is 13.0 Å². The number of nitrogens with one attached hydrogen (secondary N) is 2. The van der Waals surface area contributed by atoms with Crippen molar-refractivity contribution < 1.29 is 13.2 Å². The lowest BCUT2D eigenvalue weighted by molar-refractivity contribution is 0.0943. The number of hydrogen-bond acceptors (Lipinski definition) is 6. The number of nitrogens with two attached hydrogens (primary N) is 1. The second-order valence-electron chi connectivity index (χ2n) is 4.17. The summed E-state index contributed by atoms with van der Waals surface area (Å²) in [4.78, 5) is 15.7. The molecule has 0 saturated heterocycles. The van der Waals surface area contributed by atoms with Crippen LogP contribution in [0.25, 0.3) is 0 Å². The van der Waals surface area contributed by atoms with Crippen molar-refractivity contribution in [3.05, 3.63) is 22.8 Å². The van der Waals surface area contributed by atoms with Gasteiger partial charge < -0.3 is 10.7 Å². The van der Waals surface area contributed by atoms with Crippen LogP contribution in [0.3, 0.4) is 0 Å². The molecule has 0 aromatic carbocycles. The molecule has 4 N–H and O–H groups in total. The zero-order valence-electron chi connectivity index (χ0n) is 10.5. The number of amides is 1. The third-order valence-electron chi connectivity index (χ3n) is 2.17. The van der Waals surface area contributed by atoms with Crippen LogP contribution >= 0.6 is 11.6 Å². The van der Waals surface area contributed by atoms with E-state index in [4.69, 9.17) is 17.4 Å². The van der Waals surface area contributed by atoms with Crippen LogP contribution in [0.15, 0.2) is 12.3 Å². The normalized spacial score (nSPS) is 12.8. The second-order valence-corrected chi connectivity index (χ2v) is 6.76. The first kappa shape index (κ1) is 15.7. The van der Waals surface area contributed by atoms with Gasteiger partial charge in [-0.1, -0.05) is 11.6 Å². The largest absolute Gasteiger partial charge is 0.349 e. The molecule has 0 radical (unpaired) electrons. The fourth-order valence-electron chi connectivity index (χ4n) is 1.47. The van der Waals surface area contributed by atoms with Gasteiger partial charge in [-0.05, 0) is 13.0 Å². The van der Waals surface area contributed by atoms with Gasteiger partial charge >= 0.3 is 0 Å². The third-order valence-corrected chi connectivity index (χ3v) is 3.56. The monoisotopic (exact) mass is 306 g/mol. The predicted molar refractivity (Wildman–Crippen MR) is 73.7 cm³/mol. The first-order valence-electron chi connectivity index (χ1n) is 5.33. The molecule has 1 heterocycles. The average Bonchev–Trinajstić information content (AvgIpc) is 2.26. The highest BCUT2D eigenvalue weighted by molar-refractivity contribution is 7.90. The lowest BCUT2D eigenvalue weighted by atomic mass is 10.2. The molecule has 1 aromatic heterocycles. The number of hydrazine groups is 1. The summed E-state index contributed by atoms with van der Waals surface area (Å²) in [7, 11) is -3.15. The van der Waals surface area contributed by atoms with Gasteiger partial charge in [0.2, 0.25) is 0 Å². The summed E-state index contributed by atoms with van der Waals surface area (Å²) in [6.07, 6.45) is 2.40. The van der Waals surface area contributed by atoms with Gasteiger partial charge in [0.25, 0.3) is 5.91 Å². The number of hydrogen-bond donors (Lipinski definition) is 3. The summed E-state index contributed by atoms with van der Waals surface area (Å²) in [6, 6.07) is 0.889. The standard InChI is InChI=1S/C10H15ClN4O3S/c1-6(5-19(2,17)18)14-10(16)7-3-8(11)9(15-12)13-4-7/h3-4,6H,5,12H2,1-2H3,(H,13,15)(H,14,16). The molecule has 0 aliphatic rings. The highest BCUT2D eigenvalue weighted by atomic mass is 35.5. The topological polar surface area (TPSA) is 114 Å². The molecule has 0 bridgehead atoms. The SMILES string of the molecule is CC(CS(C)(=O)=O)NC(=O)c1cnc(NN)c(Cl)c1. The summed E-state index contributed by atoms with van der Waals surface area (Å²) in [6.45, 7) is 1.60. The molecule has 106 valence electrons. The number of pyridine rings is 1. The molecule has 1 rings (SSSR count). The van der Waals surface area contributed by atoms with Gasteiger partial charge in [-0.3, -0.25) is 4.79 Å². The lowest BCUT2D eigenvalue weighted by Crippen LogP contribution is -2.37. The van der Waals surface area contributed by atoms with Gasteiger partial charge in [0.15, 0.2) is 5.82 Å². The number of sulfone groups is 1. The number of halogens is 1. The first-order chi connectivity index (χ1) is 8.73. The summed E-state index contributed by atoms with van der Waals surface area (Å²) in [5, 5.41) is 2.75. The van der Waals surface area contributed by atoms with E-state index in [0.717, 1.165) is 6.26 Å². The highest BCUT2D eigenvalue weighted by Gasteiger charge is 2.15. The Morgan fingerprint density at radius 1 is 1.58 bits per heavy atom. The minimum atomic E-state index is -3.15. The highest BCUT2D eigenvalue weighted by Crippen LogP contribution is 2.18. The Hall–Kier alpha value is -1.38. The number of carbonyl (C=O) groups is 1. The molecule has 1 atom stereocenters. The van der Waals surface area contributed by atoms with Crippen LogP contribution in [0.4, 0.5) is 5.82 Å². The third kappa shape index (κ3) is 5.01. The van der Waals surface area contributed by atoms with Crippen LogP contribution in [-0.2, 0) is 9.84 Å². The molecule has 0 saturated carbocycles. The fraction of sp³-hybridized carbons (Fsp3) is 0.400. The number of nitrogens with zero attached hydrogens (tertiary/aromatic N) is 1. The Balaban J connectivity index is 2.76. The van der Waals surface area contributed by atoms with Crippen molar-refractivity contribution >= 4 is 33.2 Å². The van der Waals surface area contributed by atoms with Gasteiger partial charge in [-0.2, -0.15) is 0 Å². The Kier molecular flexibility index (Phi) is 5.10. The number of nitrogen functional groups attached to an aromatic ring is 1. The van der Waals surface area contributed by atoms with Gasteiger partial charge in [-0.25, -0.2) is 19.2 Å². The quantitative estimate of drug-likeness (QED) is 0.528. The Bertz CT molecular complexity index is 576. The van der Waals surface area contributed by atoms with E-state index in [2.05, 4.69) is 15.7 Å². The lowest BCUT2D eigenvalue weighted by Gasteiger charge is -2.13. The minimum absolute atomic E-state index is 0.137. The first-order valence-corrected chi connectivity index (χ1v) is 7.77. The molecule has 19 heavy (non-hydrogen) atoms. The van der Waals surface area contributed by atoms with Gasteiger partial charge in [0, 0.05) is 18.5 Å². The van der Waals surface area contributed by atoms with E-state index in [9.17, 15) is 13.2 Å². The summed E-state index contributed by atoms with van der Waals surface area (Å²) in [5.41, 5.74) is 2.51. The van der Waals surface area contributed by atoms with E-state index in [1.807, 2.05) is 0 Å². The maximum atomic E-state index is 11.8. The van der Waals surface area contributed by atoms with E-state index in [1.54, 1.807) is 6.92 Å². The van der Waals surface area contributed by atoms with Crippen LogP contribution in [0.2, 0.25) is 5.02 Å². The molecule has 1 aromatic rings. The van der Waals surface area contributed by atoms with Crippen molar-refractivity contribution in [3.63, 3.8) is 0 Å². The van der Waals surface area contributed by atoms with Gasteiger partial charge in [0.1, 0.15) is 9.84 Å². The van der Waals surface area contributed by atoms with Crippen LogP contribution in [0.5, 0.6) is 0 Å². The fourth-order valence-corrected chi connectivity index (χ4v) is 2.68. The summed E-state index contributed by atoms with van der Waals surface area (Å²) in [5.74, 6) is 4.83. The molecular formula is C10H15ClN4O3S. The van der Waals surface area contributed by atoms with Crippen molar-refractivity contribution in [2.75, 3.05) is 17.4 Å². The number of aromatic nitrogens is 1. The van der Waals surface area contributed by atoms with E-state index in [-0.39, 0.29) is 22.2 Å². The van der Waals surface area contributed by atoms with E-state index in [0.29, 0.717) is 0 Å². The van der Waals surface area contributed by atoms with Crippen LogP contribution < -0.4 is 16.6 Å². The van der Waals surface area contributed by atoms with Gasteiger partial charge in [0.05, 0.1) is 16.3 Å². The van der Waals surface area contributed by atoms with E-state index >= 15 is 0 Å². The van der Waals surface area contributed by atoms with Crippen molar-refractivity contribution in [2.24, 2.45) is 5.84 Å². The van der Waals surface area contributed by atoms with Crippen LogP contribution in [0.1, 0.15) is 17.3 Å². The average molecular weight is 307 g/mol. The van der Waals surface area contributed by atoms with E-state index < -0.39 is 21.8 Å². The van der Waals surface area contributed by atoms with Gasteiger partial charge in [-0.15, -0.1) is 0 Å². The number of rotatable bonds is 5. The van der Waals surface area contributed by atoms with Crippen molar-refractivity contribution in [3.8, 4) is 0 Å². The molecule has 9 heteroatoms. The molecule has 0 spiro atoms. The zero-order chi connectivity index (χ0) is 14.6. The van der Waals surface area contributed by atoms with Crippen LogP contribution in [-0.4, -0.2) is 37.4 Å². The maximum absolute atomic E-state index is 11.8. The van der Waals surface area contributed by atoms with Crippen molar-refractivity contribution in [1.29, 1.82) is 0 Å². The molecule has 0 aliphatic carbocycles. The second kappa shape index (κ2) is 6.18.